The van der Waals surface area contributed by atoms with E-state index in [-0.39, 0.29) is 0 Å². The lowest BCUT2D eigenvalue weighted by Gasteiger charge is -2.11. The van der Waals surface area contributed by atoms with Gasteiger partial charge < -0.3 is 5.11 Å². The smallest absolute Gasteiger partial charge is 0.0431 e. The molecular weight excluding hydrogens is 280 g/mol. The Balaban J connectivity index is 1.83. The summed E-state index contributed by atoms with van der Waals surface area (Å²) in [6.07, 6.45) is 17.2. The first-order chi connectivity index (χ1) is 11.3. The minimum Gasteiger partial charge on any atom is -0.396 e. The Labute approximate surface area is 144 Å². The van der Waals surface area contributed by atoms with Crippen LogP contribution in [0.2, 0.25) is 0 Å². The Bertz CT molecular complexity index is 346. The van der Waals surface area contributed by atoms with Crippen LogP contribution in [0.15, 0.2) is 30.3 Å². The van der Waals surface area contributed by atoms with Crippen molar-refractivity contribution in [3.05, 3.63) is 35.9 Å². The van der Waals surface area contributed by atoms with E-state index < -0.39 is 0 Å². The first-order valence-electron chi connectivity index (χ1n) is 9.97. The van der Waals surface area contributed by atoms with E-state index in [0.29, 0.717) is 6.61 Å². The molecule has 0 saturated carbocycles. The zero-order valence-corrected chi connectivity index (χ0v) is 15.3. The summed E-state index contributed by atoms with van der Waals surface area (Å²) in [4.78, 5) is 0. The van der Waals surface area contributed by atoms with E-state index in [1.54, 1.807) is 0 Å². The molecule has 1 aromatic rings. The summed E-state index contributed by atoms with van der Waals surface area (Å²) in [5.74, 6) is 0.904. The molecule has 1 unspecified atom stereocenters. The van der Waals surface area contributed by atoms with Crippen LogP contribution in [0.5, 0.6) is 0 Å². The van der Waals surface area contributed by atoms with Gasteiger partial charge in [-0.2, -0.15) is 0 Å². The van der Waals surface area contributed by atoms with E-state index in [1.165, 1.54) is 82.6 Å². The average molecular weight is 319 g/mol. The Morgan fingerprint density at radius 3 is 1.83 bits per heavy atom. The third-order valence-electron chi connectivity index (χ3n) is 4.86. The summed E-state index contributed by atoms with van der Waals surface area (Å²) in [5, 5.41) is 8.74. The van der Waals surface area contributed by atoms with Gasteiger partial charge in [-0.15, -0.1) is 0 Å². The molecule has 0 fully saturated rings. The fourth-order valence-electron chi connectivity index (χ4n) is 3.28. The molecular formula is C22H38O. The van der Waals surface area contributed by atoms with Crippen LogP contribution < -0.4 is 0 Å². The highest BCUT2D eigenvalue weighted by atomic mass is 16.2. The molecule has 1 rings (SSSR count). The van der Waals surface area contributed by atoms with Crippen molar-refractivity contribution in [2.24, 2.45) is 5.92 Å². The molecule has 0 radical (unpaired) electrons. The molecule has 1 aromatic carbocycles. The normalized spacial score (nSPS) is 12.4. The van der Waals surface area contributed by atoms with Crippen molar-refractivity contribution >= 4 is 0 Å². The fraction of sp³-hybridized carbons (Fsp3) is 0.727. The molecule has 1 heteroatoms. The quantitative estimate of drug-likeness (QED) is 0.364. The maximum Gasteiger partial charge on any atom is 0.0431 e. The first-order valence-corrected chi connectivity index (χ1v) is 9.97. The van der Waals surface area contributed by atoms with Gasteiger partial charge in [-0.1, -0.05) is 101 Å². The third-order valence-corrected chi connectivity index (χ3v) is 4.86. The summed E-state index contributed by atoms with van der Waals surface area (Å²) >= 11 is 0. The van der Waals surface area contributed by atoms with Crippen molar-refractivity contribution in [3.63, 3.8) is 0 Å². The van der Waals surface area contributed by atoms with E-state index >= 15 is 0 Å². The van der Waals surface area contributed by atoms with Crippen molar-refractivity contribution in [3.8, 4) is 0 Å². The monoisotopic (exact) mass is 318 g/mol. The second-order valence-corrected chi connectivity index (χ2v) is 7.18. The molecule has 0 bridgehead atoms. The number of hydrogen-bond acceptors (Lipinski definition) is 1. The lowest BCUT2D eigenvalue weighted by Crippen LogP contribution is -1.95. The summed E-state index contributed by atoms with van der Waals surface area (Å²) < 4.78 is 0. The number of hydrogen-bond donors (Lipinski definition) is 1. The number of benzene rings is 1. The summed E-state index contributed by atoms with van der Waals surface area (Å²) in [6.45, 7) is 2.79. The van der Waals surface area contributed by atoms with Gasteiger partial charge in [0.25, 0.3) is 0 Å². The molecule has 1 N–H and O–H groups in total. The Morgan fingerprint density at radius 2 is 1.22 bits per heavy atom. The topological polar surface area (TPSA) is 20.2 Å². The van der Waals surface area contributed by atoms with Crippen LogP contribution in [0.25, 0.3) is 0 Å². The fourth-order valence-corrected chi connectivity index (χ4v) is 3.28. The van der Waals surface area contributed by atoms with Gasteiger partial charge in [0.1, 0.15) is 0 Å². The molecule has 0 aliphatic carbocycles. The zero-order valence-electron chi connectivity index (χ0n) is 15.3. The second-order valence-electron chi connectivity index (χ2n) is 7.18. The maximum atomic E-state index is 8.74. The number of rotatable bonds is 15. The lowest BCUT2D eigenvalue weighted by atomic mass is 9.95. The highest BCUT2D eigenvalue weighted by molar-refractivity contribution is 5.14. The first kappa shape index (κ1) is 20.2. The molecule has 0 saturated heterocycles. The van der Waals surface area contributed by atoms with Crippen molar-refractivity contribution in [2.75, 3.05) is 6.61 Å². The average Bonchev–Trinajstić information content (AvgIpc) is 2.58. The molecule has 0 aliphatic heterocycles. The molecule has 23 heavy (non-hydrogen) atoms. The van der Waals surface area contributed by atoms with Crippen LogP contribution in [0, 0.1) is 5.92 Å². The van der Waals surface area contributed by atoms with E-state index in [9.17, 15) is 0 Å². The highest BCUT2D eigenvalue weighted by Gasteiger charge is 2.02. The minimum atomic E-state index is 0.363. The predicted octanol–water partition coefficient (Wildman–Crippen LogP) is 6.54. The van der Waals surface area contributed by atoms with Gasteiger partial charge in [0.15, 0.2) is 0 Å². The van der Waals surface area contributed by atoms with Gasteiger partial charge in [0.05, 0.1) is 0 Å². The molecule has 0 spiro atoms. The third kappa shape index (κ3) is 12.3. The second kappa shape index (κ2) is 14.8. The Morgan fingerprint density at radius 1 is 0.696 bits per heavy atom. The van der Waals surface area contributed by atoms with Gasteiger partial charge in [-0.05, 0) is 30.7 Å². The van der Waals surface area contributed by atoms with Crippen LogP contribution in [-0.2, 0) is 6.42 Å². The highest BCUT2D eigenvalue weighted by Crippen LogP contribution is 2.18. The van der Waals surface area contributed by atoms with Crippen molar-refractivity contribution in [1.29, 1.82) is 0 Å². The summed E-state index contributed by atoms with van der Waals surface area (Å²) in [7, 11) is 0. The van der Waals surface area contributed by atoms with Crippen molar-refractivity contribution in [1.82, 2.24) is 0 Å². The van der Waals surface area contributed by atoms with Gasteiger partial charge in [-0.25, -0.2) is 0 Å². The maximum absolute atomic E-state index is 8.74. The van der Waals surface area contributed by atoms with Gasteiger partial charge in [0, 0.05) is 6.61 Å². The lowest BCUT2D eigenvalue weighted by molar-refractivity contribution is 0.282. The standard InChI is InChI=1S/C22H38O/c1-21(15-9-4-2-3-7-14-20-23)16-10-5-6-11-17-22-18-12-8-13-19-22/h8,12-13,18-19,21,23H,2-7,9-11,14-17,20H2,1H3. The molecule has 0 aliphatic rings. The summed E-state index contributed by atoms with van der Waals surface area (Å²) in [5.41, 5.74) is 1.49. The van der Waals surface area contributed by atoms with Crippen LogP contribution in [0.1, 0.15) is 89.5 Å². The van der Waals surface area contributed by atoms with Crippen LogP contribution in [0.4, 0.5) is 0 Å². The molecule has 0 amide bonds. The largest absolute Gasteiger partial charge is 0.396 e. The van der Waals surface area contributed by atoms with E-state index in [4.69, 9.17) is 5.11 Å². The van der Waals surface area contributed by atoms with Gasteiger partial charge in [0.2, 0.25) is 0 Å². The number of aryl methyl sites for hydroxylation is 1. The SMILES string of the molecule is CC(CCCCCCCCO)CCCCCCc1ccccc1. The molecule has 132 valence electrons. The summed E-state index contributed by atoms with van der Waals surface area (Å²) in [6, 6.07) is 10.9. The van der Waals surface area contributed by atoms with Crippen molar-refractivity contribution in [2.45, 2.75) is 90.4 Å². The van der Waals surface area contributed by atoms with Gasteiger partial charge in [-0.3, -0.25) is 0 Å². The molecule has 1 nitrogen and oxygen atoms in total. The Kier molecular flexibility index (Phi) is 13.0. The van der Waals surface area contributed by atoms with Crippen LogP contribution in [-0.4, -0.2) is 11.7 Å². The van der Waals surface area contributed by atoms with E-state index in [1.807, 2.05) is 0 Å². The molecule has 0 heterocycles. The van der Waals surface area contributed by atoms with Crippen LogP contribution in [0.3, 0.4) is 0 Å². The van der Waals surface area contributed by atoms with Crippen molar-refractivity contribution < 1.29 is 5.11 Å². The molecule has 1 atom stereocenters. The number of aliphatic hydroxyl groups is 1. The predicted molar refractivity (Wildman–Crippen MR) is 102 cm³/mol. The minimum absolute atomic E-state index is 0.363. The van der Waals surface area contributed by atoms with E-state index in [2.05, 4.69) is 37.3 Å². The Hall–Kier alpha value is -0.820. The number of aliphatic hydroxyl groups excluding tert-OH is 1. The van der Waals surface area contributed by atoms with Gasteiger partial charge >= 0.3 is 0 Å². The zero-order chi connectivity index (χ0) is 16.6. The number of unbranched alkanes of at least 4 members (excludes halogenated alkanes) is 8. The van der Waals surface area contributed by atoms with E-state index in [0.717, 1.165) is 12.3 Å². The molecule has 0 aromatic heterocycles. The van der Waals surface area contributed by atoms with Crippen LogP contribution >= 0.6 is 0 Å².